The molecule has 2 N–H and O–H groups in total. The molecular formula is C51H67MgN4O5-. The van der Waals surface area contributed by atoms with Crippen LogP contribution in [-0.2, 0) is 25.5 Å². The maximum Gasteiger partial charge on any atom is 2.00 e. The van der Waals surface area contributed by atoms with Crippen LogP contribution < -0.4 is 31.2 Å². The van der Waals surface area contributed by atoms with Crippen molar-refractivity contribution in [3.8, 4) is 0 Å². The van der Waals surface area contributed by atoms with E-state index in [9.17, 15) is 14.7 Å². The number of aromatic amines is 1. The summed E-state index contributed by atoms with van der Waals surface area (Å²) in [5, 5.41) is 20.2. The Bertz CT molecular complexity index is 2430. The van der Waals surface area contributed by atoms with Crippen LogP contribution >= 0.6 is 0 Å². The third kappa shape index (κ3) is 10.1. The number of allylic oxidation sites excluding steroid dienone is 2. The zero-order valence-electron chi connectivity index (χ0n) is 38.5. The number of fused-ring (bicyclic) bond motifs is 8. The Hall–Kier alpha value is -4.15. The van der Waals surface area contributed by atoms with Gasteiger partial charge in [0, 0.05) is 22.3 Å². The number of aromatic nitrogens is 3. The third-order valence-electron chi connectivity index (χ3n) is 13.8. The smallest absolute Gasteiger partial charge is 0.681 e. The van der Waals surface area contributed by atoms with E-state index >= 15 is 0 Å². The molecule has 9 nitrogen and oxygen atoms in total. The molecule has 10 heteroatoms. The molecule has 5 heterocycles. The predicted octanol–water partition coefficient (Wildman–Crippen LogP) is 7.61. The Kier molecular flexibility index (Phi) is 16.3. The fourth-order valence-electron chi connectivity index (χ4n) is 9.62. The van der Waals surface area contributed by atoms with Crippen LogP contribution in [0.5, 0.6) is 0 Å². The Morgan fingerprint density at radius 2 is 1.62 bits per heavy atom. The summed E-state index contributed by atoms with van der Waals surface area (Å²) in [6, 6.07) is -0.563. The summed E-state index contributed by atoms with van der Waals surface area (Å²) in [7, 11) is 1.33. The monoisotopic (exact) mass is 839 g/mol. The Morgan fingerprint density at radius 1 is 0.934 bits per heavy atom. The second-order valence-electron chi connectivity index (χ2n) is 17.8. The zero-order valence-corrected chi connectivity index (χ0v) is 39.9. The minimum absolute atomic E-state index is 0. The number of methoxy groups -OCH3 is 1. The molecule has 0 saturated carbocycles. The van der Waals surface area contributed by atoms with Crippen LogP contribution in [0.1, 0.15) is 144 Å². The van der Waals surface area contributed by atoms with Gasteiger partial charge in [-0.15, -0.1) is 22.4 Å². The number of rotatable bonds is 17. The minimum atomic E-state index is -1.06. The summed E-state index contributed by atoms with van der Waals surface area (Å²) >= 11 is 0. The quantitative estimate of drug-likeness (QED) is 0.0813. The first kappa shape index (κ1) is 47.9. The number of nitrogens with zero attached hydrogens (tertiary/aromatic N) is 3. The van der Waals surface area contributed by atoms with Gasteiger partial charge >= 0.3 is 35.0 Å². The molecule has 0 spiro atoms. The number of nitrogens with one attached hydrogen (secondary N) is 1. The van der Waals surface area contributed by atoms with E-state index in [1.807, 2.05) is 38.2 Å². The van der Waals surface area contributed by atoms with Crippen molar-refractivity contribution in [1.82, 2.24) is 15.0 Å². The van der Waals surface area contributed by atoms with Gasteiger partial charge in [0.2, 0.25) is 0 Å². The van der Waals surface area contributed by atoms with Crippen LogP contribution in [0, 0.1) is 50.4 Å². The molecule has 0 aromatic carbocycles. The first-order valence-electron chi connectivity index (χ1n) is 22.3. The van der Waals surface area contributed by atoms with Crippen LogP contribution in [0.3, 0.4) is 0 Å². The topological polar surface area (TPSA) is 131 Å². The van der Waals surface area contributed by atoms with Gasteiger partial charge in [-0.2, -0.15) is 5.70 Å². The second kappa shape index (κ2) is 20.8. The van der Waals surface area contributed by atoms with Gasteiger partial charge in [-0.25, -0.2) is 0 Å². The van der Waals surface area contributed by atoms with Crippen LogP contribution in [0.15, 0.2) is 23.9 Å². The number of carbonyl (C=O) groups excluding carboxylic acids is 2. The van der Waals surface area contributed by atoms with E-state index in [0.29, 0.717) is 28.3 Å². The SMILES string of the molecule is C=Cc1c2[n-]c(c1C)/C=C1\[N-]C(C3=c4[n-]c(c(C)c4=C(O)[C@@H]3C(=O)OC)/C=c3\[nH]/c(c(C)c3CC)=C\2)[C@@H](CCC(=O)OC/C=C(\C)CCC[C@H](C)CCC[C@H](C)CC)[C@@H]1C.[Mg+2]. The summed E-state index contributed by atoms with van der Waals surface area (Å²) < 4.78 is 11.1. The van der Waals surface area contributed by atoms with Crippen LogP contribution in [0.2, 0.25) is 0 Å². The van der Waals surface area contributed by atoms with E-state index in [-0.39, 0.29) is 59.6 Å². The van der Waals surface area contributed by atoms with Crippen LogP contribution in [-0.4, -0.2) is 64.8 Å². The van der Waals surface area contributed by atoms with Gasteiger partial charge in [0.25, 0.3) is 0 Å². The van der Waals surface area contributed by atoms with Crippen molar-refractivity contribution in [3.63, 3.8) is 0 Å². The summed E-state index contributed by atoms with van der Waals surface area (Å²) in [5.41, 5.74) is 9.98. The number of aliphatic hydroxyl groups is 1. The molecular weight excluding hydrogens is 773 g/mol. The molecule has 2 aliphatic heterocycles. The predicted molar refractivity (Wildman–Crippen MR) is 248 cm³/mol. The minimum Gasteiger partial charge on any atom is -0.681 e. The molecule has 3 aromatic rings. The number of hydrogen-bond acceptors (Lipinski definition) is 5. The molecule has 61 heavy (non-hydrogen) atoms. The number of ether oxygens (including phenoxy) is 2. The van der Waals surface area contributed by atoms with Crippen molar-refractivity contribution in [2.75, 3.05) is 13.7 Å². The van der Waals surface area contributed by atoms with Crippen LogP contribution in [0.4, 0.5) is 0 Å². The molecule has 6 atom stereocenters. The van der Waals surface area contributed by atoms with Crippen molar-refractivity contribution in [2.24, 2.45) is 29.6 Å². The molecule has 1 saturated heterocycles. The summed E-state index contributed by atoms with van der Waals surface area (Å²) in [4.78, 5) is 40.9. The van der Waals surface area contributed by atoms with Gasteiger partial charge in [0.15, 0.2) is 0 Å². The van der Waals surface area contributed by atoms with Crippen molar-refractivity contribution < 1.29 is 24.2 Å². The fraction of sp³-hybridized carbons (Fsp3) is 0.529. The number of hydrogen-bond donors (Lipinski definition) is 2. The molecule has 1 aliphatic carbocycles. The maximum atomic E-state index is 13.6. The van der Waals surface area contributed by atoms with Gasteiger partial charge < -0.3 is 34.8 Å². The molecule has 6 rings (SSSR count). The molecule has 3 aromatic heterocycles. The Morgan fingerprint density at radius 3 is 2.31 bits per heavy atom. The van der Waals surface area contributed by atoms with Gasteiger partial charge in [0.05, 0.1) is 7.11 Å². The Balaban J connectivity index is 0.00000704. The molecule has 8 bridgehead atoms. The zero-order chi connectivity index (χ0) is 43.4. The largest absolute Gasteiger partial charge is 2.00 e. The normalized spacial score (nSPS) is 22.2. The Labute approximate surface area is 379 Å². The number of H-pyrrole nitrogens is 1. The summed E-state index contributed by atoms with van der Waals surface area (Å²) in [6.45, 7) is 23.8. The standard InChI is InChI=1S/C51H67N4O5.Mg/c1-12-28(4)17-15-18-29(5)19-16-20-30(6)23-24-60-44(56)22-21-37-33(9)40-25-38-31(7)35(13-2)42(52-38)26-39-32(8)36(14-3)43(53-39)27-41-34(10)45-49(55-41)46(48(37)54-40)47(50(45)57)51(58)59-11;/h13,23,25-29,33,37,47-48,53,57H,2,12,14-22,24H2,1,3-11H3;/q-3;+2/b30-23+,39-26-,40-25-,43-27-;/t28-,29-,33+,37+,47-,48?;/m1./s1. The second-order valence-corrected chi connectivity index (χ2v) is 17.8. The van der Waals surface area contributed by atoms with Gasteiger partial charge in [-0.3, -0.25) is 9.59 Å². The fourth-order valence-corrected chi connectivity index (χ4v) is 9.62. The van der Waals surface area contributed by atoms with Crippen LogP contribution in [0.25, 0.3) is 41.0 Å². The summed E-state index contributed by atoms with van der Waals surface area (Å²) in [6.07, 6.45) is 20.0. The average molecular weight is 840 g/mol. The molecule has 0 amide bonds. The first-order valence-corrected chi connectivity index (χ1v) is 22.3. The van der Waals surface area contributed by atoms with E-state index in [2.05, 4.69) is 66.1 Å². The maximum absolute atomic E-state index is 13.6. The van der Waals surface area contributed by atoms with Crippen molar-refractivity contribution in [1.29, 1.82) is 0 Å². The first-order chi connectivity index (χ1) is 28.7. The van der Waals surface area contributed by atoms with E-state index in [1.165, 1.54) is 44.8 Å². The van der Waals surface area contributed by atoms with E-state index in [1.54, 1.807) is 0 Å². The summed E-state index contributed by atoms with van der Waals surface area (Å²) in [5.74, 6) is -0.762. The number of carbonyl (C=O) groups is 2. The van der Waals surface area contributed by atoms with Crippen molar-refractivity contribution >= 4 is 70.6 Å². The molecule has 324 valence electrons. The van der Waals surface area contributed by atoms with E-state index in [4.69, 9.17) is 24.8 Å². The molecule has 0 radical (unpaired) electrons. The van der Waals surface area contributed by atoms with Gasteiger partial charge in [-0.1, -0.05) is 126 Å². The van der Waals surface area contributed by atoms with E-state index in [0.717, 1.165) is 86.7 Å². The number of esters is 2. The third-order valence-corrected chi connectivity index (χ3v) is 13.8. The van der Waals surface area contributed by atoms with Gasteiger partial charge in [-0.05, 0) is 99.8 Å². The van der Waals surface area contributed by atoms with E-state index < -0.39 is 17.9 Å². The van der Waals surface area contributed by atoms with Gasteiger partial charge in [0.1, 0.15) is 18.3 Å². The molecule has 1 fully saturated rings. The molecule has 3 aliphatic rings. The average Bonchev–Trinajstić information content (AvgIpc) is 3.97. The molecule has 1 unspecified atom stereocenters. The van der Waals surface area contributed by atoms with Crippen molar-refractivity contribution in [2.45, 2.75) is 133 Å². The number of aliphatic hydroxyl groups excluding tert-OH is 1. The van der Waals surface area contributed by atoms with Crippen molar-refractivity contribution in [3.05, 3.63) is 95.4 Å².